The van der Waals surface area contributed by atoms with Gasteiger partial charge in [0.05, 0.1) is 84.3 Å². The summed E-state index contributed by atoms with van der Waals surface area (Å²) in [5.74, 6) is 1.96. The van der Waals surface area contributed by atoms with Crippen molar-refractivity contribution in [2.75, 3.05) is 0 Å². The van der Waals surface area contributed by atoms with Crippen molar-refractivity contribution >= 4 is 137 Å². The molecule has 0 spiro atoms. The fourth-order valence-corrected chi connectivity index (χ4v) is 16.7. The van der Waals surface area contributed by atoms with Crippen molar-refractivity contribution in [3.05, 3.63) is 180 Å². The third-order valence-corrected chi connectivity index (χ3v) is 23.5. The first kappa shape index (κ1) is 68.9. The summed E-state index contributed by atoms with van der Waals surface area (Å²) in [4.78, 5) is 41.9. The maximum Gasteiger partial charge on any atom is 0.284 e. The Morgan fingerprint density at radius 2 is 0.365 bits per heavy atom. The summed E-state index contributed by atoms with van der Waals surface area (Å²) in [6, 6.07) is 22.4. The Hall–Kier alpha value is -8.16. The van der Waals surface area contributed by atoms with Crippen molar-refractivity contribution in [3.8, 4) is 93.0 Å². The van der Waals surface area contributed by atoms with Crippen molar-refractivity contribution in [2.45, 2.75) is 156 Å². The molecule has 12 aromatic rings. The van der Waals surface area contributed by atoms with Gasteiger partial charge in [0, 0.05) is 90.4 Å². The minimum absolute atomic E-state index is 0.0370. The molecule has 0 amide bonds. The molecule has 0 atom stereocenters. The Labute approximate surface area is 638 Å². The van der Waals surface area contributed by atoms with E-state index in [1.165, 1.54) is 0 Å². The number of ether oxygens (including phenoxy) is 8. The zero-order valence-electron chi connectivity index (χ0n) is 57.6. The molecule has 8 aromatic carbocycles. The lowest BCUT2D eigenvalue weighted by atomic mass is 9.74. The molecule has 8 heterocycles. The van der Waals surface area contributed by atoms with Gasteiger partial charge >= 0.3 is 0 Å². The minimum Gasteiger partial charge on any atom is -0.434 e. The quantitative estimate of drug-likeness (QED) is 0.113. The van der Waals surface area contributed by atoms with Crippen LogP contribution in [0.4, 0.5) is 0 Å². The molecule has 104 heavy (non-hydrogen) atoms. The second-order valence-electron chi connectivity index (χ2n) is 27.3. The van der Waals surface area contributed by atoms with Crippen molar-refractivity contribution < 1.29 is 37.9 Å². The molecule has 24 heteroatoms. The molecule has 0 N–H and O–H groups in total. The van der Waals surface area contributed by atoms with E-state index in [1.54, 1.807) is 48.5 Å². The first-order valence-corrected chi connectivity index (χ1v) is 38.1. The van der Waals surface area contributed by atoms with E-state index in [0.717, 1.165) is 95.9 Å². The van der Waals surface area contributed by atoms with Crippen LogP contribution in [0.1, 0.15) is 195 Å². The maximum absolute atomic E-state index is 7.55. The van der Waals surface area contributed by atoms with Gasteiger partial charge in [0.2, 0.25) is 0 Å². The van der Waals surface area contributed by atoms with Crippen molar-refractivity contribution in [1.82, 2.24) is 39.9 Å². The van der Waals surface area contributed by atoms with Crippen molar-refractivity contribution in [2.24, 2.45) is 0 Å². The topological polar surface area (TPSA) is 177 Å². The van der Waals surface area contributed by atoms with Crippen LogP contribution in [0.5, 0.6) is 93.0 Å². The second-order valence-corrected chi connectivity index (χ2v) is 30.6. The molecule has 0 radical (unpaired) electrons. The zero-order chi connectivity index (χ0) is 72.0. The SMILES string of the molecule is CCCCC1c2cc3c4c(C)c2Oc2nc5cc(Cl)c(Cl)cc5nc2Oc2c1cc1c(c2C)Oc2nc5cc(Cl)c(Cl)cc5nc2Oc2c(cc5c(c2C)Oc2nc6cc(Cl)c(Cl)cc6nc2Oc2c(cc(c(c2C)Oc2nc6cc(Cl)c(Cl)cc6nc2O4)C3CCCC)C5CCCC)C1CCCC. The molecule has 528 valence electrons. The van der Waals surface area contributed by atoms with Crippen molar-refractivity contribution in [1.29, 1.82) is 0 Å². The average molecular weight is 1550 g/mol. The molecule has 4 aliphatic heterocycles. The smallest absolute Gasteiger partial charge is 0.284 e. The number of hydrogen-bond donors (Lipinski definition) is 0. The molecule has 0 unspecified atom stereocenters. The van der Waals surface area contributed by atoms with Crippen LogP contribution in [-0.4, -0.2) is 39.9 Å². The zero-order valence-corrected chi connectivity index (χ0v) is 63.6. The molecular formula is C80H64Cl8N8O8. The van der Waals surface area contributed by atoms with Gasteiger partial charge < -0.3 is 37.9 Å². The highest BCUT2D eigenvalue weighted by Crippen LogP contribution is 2.62. The van der Waals surface area contributed by atoms with Gasteiger partial charge in [0.1, 0.15) is 46.0 Å². The van der Waals surface area contributed by atoms with Gasteiger partial charge in [-0.25, -0.2) is 39.9 Å². The maximum atomic E-state index is 7.55. The molecule has 0 saturated carbocycles. The summed E-state index contributed by atoms with van der Waals surface area (Å²) >= 11 is 54.6. The van der Waals surface area contributed by atoms with Gasteiger partial charge in [0.15, 0.2) is 0 Å². The van der Waals surface area contributed by atoms with E-state index >= 15 is 0 Å². The third-order valence-electron chi connectivity index (χ3n) is 20.6. The Morgan fingerprint density at radius 1 is 0.231 bits per heavy atom. The number of hydrogen-bond acceptors (Lipinski definition) is 16. The Bertz CT molecular complexity index is 4710. The number of nitrogens with zero attached hydrogens (tertiary/aromatic N) is 8. The van der Waals surface area contributed by atoms with Gasteiger partial charge in [0.25, 0.3) is 47.0 Å². The lowest BCUT2D eigenvalue weighted by Crippen LogP contribution is -2.15. The van der Waals surface area contributed by atoms with E-state index in [-0.39, 0.29) is 87.2 Å². The molecule has 0 fully saturated rings. The average Bonchev–Trinajstić information content (AvgIpc) is 1.43. The molecule has 4 aromatic heterocycles. The molecule has 1 aliphatic carbocycles. The number of benzene rings is 8. The van der Waals surface area contributed by atoms with Crippen LogP contribution in [0.2, 0.25) is 40.2 Å². The Balaban J connectivity index is 1.10. The van der Waals surface area contributed by atoms with E-state index in [1.807, 2.05) is 27.7 Å². The van der Waals surface area contributed by atoms with Crippen molar-refractivity contribution in [3.63, 3.8) is 0 Å². The van der Waals surface area contributed by atoms with Gasteiger partial charge in [-0.15, -0.1) is 0 Å². The van der Waals surface area contributed by atoms with Gasteiger partial charge in [-0.2, -0.15) is 0 Å². The summed E-state index contributed by atoms with van der Waals surface area (Å²) in [5.41, 5.74) is 12.3. The van der Waals surface area contributed by atoms with E-state index in [9.17, 15) is 0 Å². The predicted octanol–water partition coefficient (Wildman–Crippen LogP) is 27.1. The third kappa shape index (κ3) is 11.6. The number of aromatic nitrogens is 8. The monoisotopic (exact) mass is 1540 g/mol. The number of rotatable bonds is 12. The number of halogens is 8. The molecule has 8 bridgehead atoms. The first-order valence-electron chi connectivity index (χ1n) is 35.1. The summed E-state index contributed by atoms with van der Waals surface area (Å²) in [6.07, 6.45) is 8.93. The van der Waals surface area contributed by atoms with E-state index in [0.29, 0.717) is 138 Å². The molecular weight excluding hydrogens is 1480 g/mol. The lowest BCUT2D eigenvalue weighted by molar-refractivity contribution is 0.372. The first-order chi connectivity index (χ1) is 50.3. The van der Waals surface area contributed by atoms with Gasteiger partial charge in [-0.3, -0.25) is 0 Å². The van der Waals surface area contributed by atoms with Gasteiger partial charge in [-0.1, -0.05) is 172 Å². The predicted molar refractivity (Wildman–Crippen MR) is 409 cm³/mol. The summed E-state index contributed by atoms with van der Waals surface area (Å²) in [6.45, 7) is 16.8. The van der Waals surface area contributed by atoms with Crippen LogP contribution < -0.4 is 37.9 Å². The molecule has 5 aliphatic rings. The Morgan fingerprint density at radius 3 is 0.490 bits per heavy atom. The van der Waals surface area contributed by atoms with Crippen LogP contribution in [0.25, 0.3) is 44.1 Å². The van der Waals surface area contributed by atoms with Crippen LogP contribution in [0, 0.1) is 27.7 Å². The Kier molecular flexibility index (Phi) is 17.9. The van der Waals surface area contributed by atoms with Crippen LogP contribution in [0.3, 0.4) is 0 Å². The standard InChI is InChI=1S/C80H64Cl8N8O8/c1-9-13-17-37-41-21-43-38(18-14-10-2)45-23-47-40(20-16-12-4)48-24-46-39(19-15-11-3)44-22-42(37)66-34(6)68(44)100-76-78(94-62-30-54(86)52(84)28-60(62)92-76)102-70(46)36(8)72(48)104-80-79(95-63-31-55(87)56(88)32-64(63)96-80)103-71(47)35(7)69(45)101-77-75(91-59-27-51(83)53(85)29-61(59)93-77)99-67(43)33(5)65(41)97-73-74(98-66)90-58-26-50(82)49(81)25-57(58)89-73/h21-32,37-40H,9-20H2,1-8H3. The molecule has 0 saturated heterocycles. The fourth-order valence-electron chi connectivity index (χ4n) is 15.4. The van der Waals surface area contributed by atoms with Crippen LogP contribution >= 0.6 is 92.8 Å². The molecule has 17 rings (SSSR count). The highest BCUT2D eigenvalue weighted by atomic mass is 35.5. The number of fused-ring (bicyclic) bond motifs is 8. The fraction of sp³-hybridized carbons (Fsp3) is 0.300. The van der Waals surface area contributed by atoms with Gasteiger partial charge in [-0.05, 0) is 126 Å². The highest BCUT2D eigenvalue weighted by molar-refractivity contribution is 6.44. The van der Waals surface area contributed by atoms with E-state index in [4.69, 9.17) is 171 Å². The normalized spacial score (nSPS) is 16.4. The minimum atomic E-state index is -0.489. The summed E-state index contributed by atoms with van der Waals surface area (Å²) in [7, 11) is 0. The molecule has 16 nitrogen and oxygen atoms in total. The van der Waals surface area contributed by atoms with Crippen LogP contribution in [0.15, 0.2) is 72.8 Å². The largest absolute Gasteiger partial charge is 0.434 e. The summed E-state index contributed by atoms with van der Waals surface area (Å²) < 4.78 is 60.4. The lowest BCUT2D eigenvalue weighted by Gasteiger charge is -2.32. The highest BCUT2D eigenvalue weighted by Gasteiger charge is 2.43. The van der Waals surface area contributed by atoms with E-state index < -0.39 is 23.7 Å². The van der Waals surface area contributed by atoms with E-state index in [2.05, 4.69) is 52.0 Å². The van der Waals surface area contributed by atoms with Crippen LogP contribution in [-0.2, 0) is 0 Å². The summed E-state index contributed by atoms with van der Waals surface area (Å²) in [5, 5.41) is 2.21. The number of unbranched alkanes of at least 4 members (excludes halogenated alkanes) is 4. The second kappa shape index (κ2) is 27.0.